The average molecular weight is 352 g/mol. The van der Waals surface area contributed by atoms with Gasteiger partial charge in [-0.15, -0.1) is 0 Å². The van der Waals surface area contributed by atoms with Crippen molar-refractivity contribution in [2.75, 3.05) is 0 Å². The Morgan fingerprint density at radius 2 is 1.92 bits per heavy atom. The largest absolute Gasteiger partial charge is 0.455 e. The van der Waals surface area contributed by atoms with Crippen molar-refractivity contribution in [3.63, 3.8) is 0 Å². The third kappa shape index (κ3) is 3.39. The molecule has 0 aliphatic rings. The van der Waals surface area contributed by atoms with Crippen molar-refractivity contribution in [3.8, 4) is 17.4 Å². The van der Waals surface area contributed by atoms with Crippen molar-refractivity contribution < 1.29 is 4.42 Å². The Balaban J connectivity index is 1.93. The molecule has 0 atom stereocenters. The zero-order chi connectivity index (χ0) is 18.0. The van der Waals surface area contributed by atoms with E-state index in [2.05, 4.69) is 5.10 Å². The van der Waals surface area contributed by atoms with Crippen LogP contribution in [-0.4, -0.2) is 10.9 Å². The molecule has 124 valence electrons. The second-order valence-electron chi connectivity index (χ2n) is 5.53. The molecule has 0 saturated heterocycles. The van der Waals surface area contributed by atoms with E-state index in [0.29, 0.717) is 27.8 Å². The van der Waals surface area contributed by atoms with Crippen LogP contribution in [0.2, 0.25) is 5.02 Å². The van der Waals surface area contributed by atoms with Crippen LogP contribution in [0, 0.1) is 25.2 Å². The summed E-state index contributed by atoms with van der Waals surface area (Å²) in [5.74, 6) is 1.17. The summed E-state index contributed by atoms with van der Waals surface area (Å²) in [6, 6.07) is 14.5. The maximum Gasteiger partial charge on any atom is 0.289 e. The van der Waals surface area contributed by atoms with Crippen molar-refractivity contribution in [2.45, 2.75) is 13.8 Å². The fourth-order valence-corrected chi connectivity index (χ4v) is 2.59. The van der Waals surface area contributed by atoms with Gasteiger partial charge in [0.25, 0.3) is 5.56 Å². The molecule has 3 rings (SSSR count). The minimum atomic E-state index is -0.444. The number of rotatable bonds is 3. The monoisotopic (exact) mass is 351 g/mol. The molecule has 3 aromatic rings. The lowest BCUT2D eigenvalue weighted by molar-refractivity contribution is 0.574. The Labute approximate surface area is 149 Å². The summed E-state index contributed by atoms with van der Waals surface area (Å²) in [7, 11) is 0. The summed E-state index contributed by atoms with van der Waals surface area (Å²) in [5.41, 5.74) is 1.81. The number of aryl methyl sites for hydroxylation is 2. The fourth-order valence-electron chi connectivity index (χ4n) is 2.47. The lowest BCUT2D eigenvalue weighted by Gasteiger charge is -2.05. The maximum absolute atomic E-state index is 12.3. The fraction of sp³-hybridized carbons (Fsp3) is 0.105. The highest BCUT2D eigenvalue weighted by atomic mass is 35.5. The first-order valence-corrected chi connectivity index (χ1v) is 7.91. The SMILES string of the molecule is Cc1cc(C)n(/N=C\c2ccc(-c3ccc(Cl)cc3)o2)c(=O)c1C#N. The smallest absolute Gasteiger partial charge is 0.289 e. The molecule has 2 aromatic heterocycles. The lowest BCUT2D eigenvalue weighted by atomic mass is 10.1. The molecule has 0 N–H and O–H groups in total. The number of nitriles is 1. The molecule has 0 bridgehead atoms. The molecule has 5 nitrogen and oxygen atoms in total. The highest BCUT2D eigenvalue weighted by Gasteiger charge is 2.09. The molecule has 6 heteroatoms. The van der Waals surface area contributed by atoms with Crippen LogP contribution in [0.5, 0.6) is 0 Å². The first-order chi connectivity index (χ1) is 12.0. The van der Waals surface area contributed by atoms with E-state index in [9.17, 15) is 4.79 Å². The van der Waals surface area contributed by atoms with Gasteiger partial charge in [-0.1, -0.05) is 11.6 Å². The van der Waals surface area contributed by atoms with E-state index in [-0.39, 0.29) is 5.56 Å². The molecule has 0 aliphatic heterocycles. The quantitative estimate of drug-likeness (QED) is 0.666. The van der Waals surface area contributed by atoms with Gasteiger partial charge in [0.05, 0.1) is 6.21 Å². The molecule has 25 heavy (non-hydrogen) atoms. The minimum Gasteiger partial charge on any atom is -0.455 e. The first kappa shape index (κ1) is 16.7. The number of hydrogen-bond acceptors (Lipinski definition) is 4. The minimum absolute atomic E-state index is 0.0871. The molecule has 0 amide bonds. The summed E-state index contributed by atoms with van der Waals surface area (Å²) in [4.78, 5) is 12.3. The van der Waals surface area contributed by atoms with Gasteiger partial charge >= 0.3 is 0 Å². The number of hydrogen-bond donors (Lipinski definition) is 0. The summed E-state index contributed by atoms with van der Waals surface area (Å²) in [6.07, 6.45) is 1.45. The molecule has 0 saturated carbocycles. The van der Waals surface area contributed by atoms with Crippen molar-refractivity contribution in [2.24, 2.45) is 5.10 Å². The van der Waals surface area contributed by atoms with Crippen LogP contribution >= 0.6 is 11.6 Å². The predicted molar refractivity (Wildman–Crippen MR) is 97.0 cm³/mol. The van der Waals surface area contributed by atoms with Gasteiger partial charge in [0, 0.05) is 16.3 Å². The van der Waals surface area contributed by atoms with Gasteiger partial charge in [-0.3, -0.25) is 4.79 Å². The van der Waals surface area contributed by atoms with Crippen LogP contribution in [0.4, 0.5) is 0 Å². The Morgan fingerprint density at radius 1 is 1.20 bits per heavy atom. The summed E-state index contributed by atoms with van der Waals surface area (Å²) >= 11 is 5.88. The molecule has 2 heterocycles. The zero-order valence-electron chi connectivity index (χ0n) is 13.7. The second-order valence-corrected chi connectivity index (χ2v) is 5.96. The summed E-state index contributed by atoms with van der Waals surface area (Å²) in [6.45, 7) is 3.49. The Hall–Kier alpha value is -3.10. The van der Waals surface area contributed by atoms with E-state index in [4.69, 9.17) is 21.3 Å². The van der Waals surface area contributed by atoms with Gasteiger partial charge < -0.3 is 4.42 Å². The van der Waals surface area contributed by atoms with Gasteiger partial charge in [-0.05, 0) is 61.9 Å². The zero-order valence-corrected chi connectivity index (χ0v) is 14.4. The topological polar surface area (TPSA) is 71.3 Å². The number of pyridine rings is 1. The van der Waals surface area contributed by atoms with Gasteiger partial charge in [0.15, 0.2) is 0 Å². The molecule has 1 aromatic carbocycles. The molecular weight excluding hydrogens is 338 g/mol. The van der Waals surface area contributed by atoms with Gasteiger partial charge in [-0.25, -0.2) is 4.68 Å². The summed E-state index contributed by atoms with van der Waals surface area (Å²) < 4.78 is 6.91. The maximum atomic E-state index is 12.3. The van der Waals surface area contributed by atoms with Crippen LogP contribution in [0.3, 0.4) is 0 Å². The normalized spacial score (nSPS) is 11.0. The molecule has 0 fully saturated rings. The standard InChI is InChI=1S/C19H14ClN3O2/c1-12-9-13(2)23(19(24)17(12)10-21)22-11-16-7-8-18(25-16)14-3-5-15(20)6-4-14/h3-9,11H,1-2H3/b22-11-. The Morgan fingerprint density at radius 3 is 2.60 bits per heavy atom. The van der Waals surface area contributed by atoms with Crippen LogP contribution in [0.15, 0.2) is 56.8 Å². The van der Waals surface area contributed by atoms with Crippen molar-refractivity contribution in [1.82, 2.24) is 4.68 Å². The van der Waals surface area contributed by atoms with E-state index in [1.165, 1.54) is 10.9 Å². The van der Waals surface area contributed by atoms with Crippen LogP contribution < -0.4 is 5.56 Å². The summed E-state index contributed by atoms with van der Waals surface area (Å²) in [5, 5.41) is 13.9. The molecule has 0 spiro atoms. The molecule has 0 radical (unpaired) electrons. The van der Waals surface area contributed by atoms with E-state index in [0.717, 1.165) is 5.56 Å². The number of halogens is 1. The van der Waals surface area contributed by atoms with Gasteiger partial charge in [0.1, 0.15) is 23.2 Å². The van der Waals surface area contributed by atoms with E-state index >= 15 is 0 Å². The predicted octanol–water partition coefficient (Wildman–Crippen LogP) is 4.13. The molecular formula is C19H14ClN3O2. The van der Waals surface area contributed by atoms with Crippen LogP contribution in [0.1, 0.15) is 22.6 Å². The van der Waals surface area contributed by atoms with E-state index < -0.39 is 5.56 Å². The Bertz CT molecular complexity index is 1050. The molecule has 0 aliphatic carbocycles. The van der Waals surface area contributed by atoms with Gasteiger partial charge in [0.2, 0.25) is 0 Å². The van der Waals surface area contributed by atoms with Crippen LogP contribution in [0.25, 0.3) is 11.3 Å². The highest BCUT2D eigenvalue weighted by Crippen LogP contribution is 2.23. The van der Waals surface area contributed by atoms with Crippen molar-refractivity contribution >= 4 is 17.8 Å². The third-order valence-corrected chi connectivity index (χ3v) is 3.98. The lowest BCUT2D eigenvalue weighted by Crippen LogP contribution is -2.22. The number of nitrogens with zero attached hydrogens (tertiary/aromatic N) is 3. The number of benzene rings is 1. The molecule has 0 unspecified atom stereocenters. The van der Waals surface area contributed by atoms with E-state index in [1.807, 2.05) is 24.3 Å². The van der Waals surface area contributed by atoms with Crippen molar-refractivity contribution in [1.29, 1.82) is 5.26 Å². The second kappa shape index (κ2) is 6.80. The van der Waals surface area contributed by atoms with Gasteiger partial charge in [-0.2, -0.15) is 10.4 Å². The average Bonchev–Trinajstić information content (AvgIpc) is 3.04. The van der Waals surface area contributed by atoms with Crippen LogP contribution in [-0.2, 0) is 0 Å². The van der Waals surface area contributed by atoms with Crippen molar-refractivity contribution in [3.05, 3.63) is 80.4 Å². The number of aromatic nitrogens is 1. The third-order valence-electron chi connectivity index (χ3n) is 3.73. The first-order valence-electron chi connectivity index (χ1n) is 7.53. The Kier molecular flexibility index (Phi) is 4.55. The van der Waals surface area contributed by atoms with E-state index in [1.54, 1.807) is 38.1 Å². The number of furan rings is 1. The highest BCUT2D eigenvalue weighted by molar-refractivity contribution is 6.30.